The summed E-state index contributed by atoms with van der Waals surface area (Å²) in [6, 6.07) is 11.9. The van der Waals surface area contributed by atoms with Gasteiger partial charge in [0.05, 0.1) is 0 Å². The predicted molar refractivity (Wildman–Crippen MR) is 103 cm³/mol. The van der Waals surface area contributed by atoms with Crippen molar-refractivity contribution in [3.05, 3.63) is 51.7 Å². The third-order valence-corrected chi connectivity index (χ3v) is 4.87. The zero-order valence-corrected chi connectivity index (χ0v) is 15.8. The summed E-state index contributed by atoms with van der Waals surface area (Å²) in [6.45, 7) is 5.60. The molecular formula is C20H27NO3S. The van der Waals surface area contributed by atoms with Gasteiger partial charge in [-0.2, -0.15) is 0 Å². The van der Waals surface area contributed by atoms with Gasteiger partial charge < -0.3 is 15.2 Å². The highest BCUT2D eigenvalue weighted by Gasteiger charge is 2.17. The Morgan fingerprint density at radius 1 is 1.32 bits per heavy atom. The number of benzene rings is 1. The summed E-state index contributed by atoms with van der Waals surface area (Å²) in [5, 5.41) is 13.1. The number of thiophene rings is 1. The van der Waals surface area contributed by atoms with E-state index in [1.807, 2.05) is 43.3 Å². The van der Waals surface area contributed by atoms with Crippen LogP contribution in [0.25, 0.3) is 0 Å². The molecular weight excluding hydrogens is 334 g/mol. The Hall–Kier alpha value is -1.69. The van der Waals surface area contributed by atoms with Gasteiger partial charge in [0.2, 0.25) is 0 Å². The van der Waals surface area contributed by atoms with Crippen LogP contribution in [-0.2, 0) is 6.42 Å². The monoisotopic (exact) mass is 361 g/mol. The van der Waals surface area contributed by atoms with E-state index in [1.54, 1.807) is 0 Å². The normalized spacial score (nSPS) is 12.1. The number of aliphatic hydroxyl groups is 1. The van der Waals surface area contributed by atoms with Crippen molar-refractivity contribution in [2.24, 2.45) is 0 Å². The van der Waals surface area contributed by atoms with Crippen LogP contribution in [-0.4, -0.2) is 36.7 Å². The van der Waals surface area contributed by atoms with Crippen molar-refractivity contribution in [1.29, 1.82) is 0 Å². The lowest BCUT2D eigenvalue weighted by molar-refractivity contribution is 0.0957. The van der Waals surface area contributed by atoms with Crippen LogP contribution in [0, 0.1) is 6.92 Å². The molecule has 0 aliphatic carbocycles. The molecule has 0 spiro atoms. The Balaban J connectivity index is 1.89. The lowest BCUT2D eigenvalue weighted by atomic mass is 10.1. The number of hydrogen-bond acceptors (Lipinski definition) is 5. The number of nitrogens with one attached hydrogen (secondary N) is 1. The molecule has 0 radical (unpaired) electrons. The fourth-order valence-corrected chi connectivity index (χ4v) is 3.42. The quantitative estimate of drug-likeness (QED) is 0.474. The lowest BCUT2D eigenvalue weighted by Gasteiger charge is -2.13. The second-order valence-corrected chi connectivity index (χ2v) is 7.38. The van der Waals surface area contributed by atoms with Crippen LogP contribution in [0.15, 0.2) is 36.4 Å². The molecule has 0 aliphatic rings. The van der Waals surface area contributed by atoms with Gasteiger partial charge in [0, 0.05) is 17.8 Å². The SMILES string of the molecule is CCCNCC(O)COc1cc(C)sc1C(=O)CCc1ccccc1. The van der Waals surface area contributed by atoms with Gasteiger partial charge in [0.25, 0.3) is 0 Å². The molecule has 1 aromatic carbocycles. The zero-order chi connectivity index (χ0) is 18.1. The number of carbonyl (C=O) groups excluding carboxylic acids is 1. The number of rotatable bonds is 11. The minimum Gasteiger partial charge on any atom is -0.489 e. The molecule has 2 N–H and O–H groups in total. The zero-order valence-electron chi connectivity index (χ0n) is 15.0. The van der Waals surface area contributed by atoms with Crippen molar-refractivity contribution in [1.82, 2.24) is 5.32 Å². The summed E-state index contributed by atoms with van der Waals surface area (Å²) in [5.74, 6) is 0.686. The van der Waals surface area contributed by atoms with E-state index in [0.29, 0.717) is 23.6 Å². The molecule has 0 fully saturated rings. The van der Waals surface area contributed by atoms with Gasteiger partial charge in [0.1, 0.15) is 23.3 Å². The number of aliphatic hydroxyl groups excluding tert-OH is 1. The van der Waals surface area contributed by atoms with E-state index in [4.69, 9.17) is 4.74 Å². The van der Waals surface area contributed by atoms with E-state index in [2.05, 4.69) is 12.2 Å². The first-order valence-electron chi connectivity index (χ1n) is 8.79. The largest absolute Gasteiger partial charge is 0.489 e. The Bertz CT molecular complexity index is 654. The number of carbonyl (C=O) groups is 1. The number of Topliss-reactive ketones (excluding diaryl/α,β-unsaturated/α-hetero) is 1. The molecule has 0 saturated heterocycles. The molecule has 1 unspecified atom stereocenters. The first kappa shape index (κ1) is 19.6. The number of ketones is 1. The molecule has 1 heterocycles. The van der Waals surface area contributed by atoms with E-state index >= 15 is 0 Å². The van der Waals surface area contributed by atoms with E-state index < -0.39 is 6.10 Å². The molecule has 0 saturated carbocycles. The van der Waals surface area contributed by atoms with Crippen molar-refractivity contribution in [3.63, 3.8) is 0 Å². The molecule has 5 heteroatoms. The first-order valence-corrected chi connectivity index (χ1v) is 9.61. The van der Waals surface area contributed by atoms with Crippen molar-refractivity contribution >= 4 is 17.1 Å². The van der Waals surface area contributed by atoms with Gasteiger partial charge in [-0.15, -0.1) is 11.3 Å². The van der Waals surface area contributed by atoms with E-state index in [1.165, 1.54) is 11.3 Å². The van der Waals surface area contributed by atoms with Crippen LogP contribution in [0.3, 0.4) is 0 Å². The molecule has 25 heavy (non-hydrogen) atoms. The molecule has 4 nitrogen and oxygen atoms in total. The standard InChI is InChI=1S/C20H27NO3S/c1-3-11-21-13-17(22)14-24-19-12-15(2)25-20(19)18(23)10-9-16-7-5-4-6-8-16/h4-8,12,17,21-22H,3,9-11,13-14H2,1-2H3. The second-order valence-electron chi connectivity index (χ2n) is 6.13. The fourth-order valence-electron chi connectivity index (χ4n) is 2.50. The van der Waals surface area contributed by atoms with Gasteiger partial charge in [-0.1, -0.05) is 37.3 Å². The maximum Gasteiger partial charge on any atom is 0.176 e. The van der Waals surface area contributed by atoms with Crippen LogP contribution >= 0.6 is 11.3 Å². The second kappa shape index (κ2) is 10.3. The molecule has 2 aromatic rings. The molecule has 136 valence electrons. The van der Waals surface area contributed by atoms with Crippen molar-refractivity contribution in [2.75, 3.05) is 19.7 Å². The number of aryl methyl sites for hydroxylation is 2. The van der Waals surface area contributed by atoms with Crippen LogP contribution in [0.5, 0.6) is 5.75 Å². The Labute approximate surface area is 153 Å². The van der Waals surface area contributed by atoms with Crippen molar-refractivity contribution in [2.45, 2.75) is 39.2 Å². The summed E-state index contributed by atoms with van der Waals surface area (Å²) in [6.07, 6.45) is 1.62. The molecule has 0 amide bonds. The highest BCUT2D eigenvalue weighted by Crippen LogP contribution is 2.30. The summed E-state index contributed by atoms with van der Waals surface area (Å²) in [7, 11) is 0. The maximum absolute atomic E-state index is 12.6. The van der Waals surface area contributed by atoms with Crippen molar-refractivity contribution < 1.29 is 14.6 Å². The topological polar surface area (TPSA) is 58.6 Å². The predicted octanol–water partition coefficient (Wildman–Crippen LogP) is 3.61. The minimum atomic E-state index is -0.584. The number of hydrogen-bond donors (Lipinski definition) is 2. The Kier molecular flexibility index (Phi) is 8.12. The maximum atomic E-state index is 12.6. The van der Waals surface area contributed by atoms with Gasteiger partial charge in [-0.25, -0.2) is 0 Å². The third-order valence-electron chi connectivity index (χ3n) is 3.80. The smallest absolute Gasteiger partial charge is 0.176 e. The van der Waals surface area contributed by atoms with Crippen molar-refractivity contribution in [3.8, 4) is 5.75 Å². The van der Waals surface area contributed by atoms with Crippen LogP contribution < -0.4 is 10.1 Å². The molecule has 1 atom stereocenters. The van der Waals surface area contributed by atoms with Gasteiger partial charge in [0.15, 0.2) is 5.78 Å². The average molecular weight is 362 g/mol. The first-order chi connectivity index (χ1) is 12.1. The summed E-state index contributed by atoms with van der Waals surface area (Å²) < 4.78 is 5.72. The highest BCUT2D eigenvalue weighted by atomic mass is 32.1. The van der Waals surface area contributed by atoms with Crippen LogP contribution in [0.2, 0.25) is 0 Å². The van der Waals surface area contributed by atoms with Gasteiger partial charge in [-0.3, -0.25) is 4.79 Å². The summed E-state index contributed by atoms with van der Waals surface area (Å²) >= 11 is 1.46. The van der Waals surface area contributed by atoms with E-state index in [-0.39, 0.29) is 12.4 Å². The molecule has 2 rings (SSSR count). The van der Waals surface area contributed by atoms with E-state index in [9.17, 15) is 9.90 Å². The molecule has 0 aliphatic heterocycles. The van der Waals surface area contributed by atoms with E-state index in [0.717, 1.165) is 29.8 Å². The average Bonchev–Trinajstić information content (AvgIpc) is 3.00. The van der Waals surface area contributed by atoms with Gasteiger partial charge in [-0.05, 0) is 37.9 Å². The minimum absolute atomic E-state index is 0.0931. The molecule has 0 bridgehead atoms. The highest BCUT2D eigenvalue weighted by molar-refractivity contribution is 7.14. The third kappa shape index (κ3) is 6.61. The molecule has 1 aromatic heterocycles. The van der Waals surface area contributed by atoms with Crippen LogP contribution in [0.4, 0.5) is 0 Å². The van der Waals surface area contributed by atoms with Crippen LogP contribution in [0.1, 0.15) is 39.9 Å². The number of ether oxygens (including phenoxy) is 1. The fraction of sp³-hybridized carbons (Fsp3) is 0.450. The lowest BCUT2D eigenvalue weighted by Crippen LogP contribution is -2.31. The summed E-state index contributed by atoms with van der Waals surface area (Å²) in [4.78, 5) is 14.3. The summed E-state index contributed by atoms with van der Waals surface area (Å²) in [5.41, 5.74) is 1.16. The Morgan fingerprint density at radius 2 is 2.08 bits per heavy atom. The Morgan fingerprint density at radius 3 is 2.80 bits per heavy atom. The van der Waals surface area contributed by atoms with Gasteiger partial charge >= 0.3 is 0 Å².